The average Bonchev–Trinajstić information content (AvgIpc) is 2.83. The van der Waals surface area contributed by atoms with Crippen LogP contribution in [0.3, 0.4) is 0 Å². The summed E-state index contributed by atoms with van der Waals surface area (Å²) in [5, 5.41) is 2.11. The normalized spacial score (nSPS) is 11.6. The predicted molar refractivity (Wildman–Crippen MR) is 128 cm³/mol. The Morgan fingerprint density at radius 2 is 1.64 bits per heavy atom. The van der Waals surface area contributed by atoms with E-state index in [0.717, 1.165) is 6.07 Å². The zero-order valence-corrected chi connectivity index (χ0v) is 20.3. The summed E-state index contributed by atoms with van der Waals surface area (Å²) >= 11 is 6.11. The number of anilines is 2. The molecule has 0 saturated heterocycles. The van der Waals surface area contributed by atoms with Crippen molar-refractivity contribution >= 4 is 44.9 Å². The monoisotopic (exact) mass is 540 g/mol. The quantitative estimate of drug-likeness (QED) is 0.388. The molecular formula is C24H20ClF3N2O5S. The SMILES string of the molecule is CCOC(=O)c1ccccc1NC(=O)CN(c1cc(C(F)(F)F)ccc1Cl)S(=O)(=O)c1ccccc1. The predicted octanol–water partition coefficient (Wildman–Crippen LogP) is 5.37. The number of benzene rings is 3. The van der Waals surface area contributed by atoms with Crippen LogP contribution in [0.5, 0.6) is 0 Å². The second-order valence-corrected chi connectivity index (χ2v) is 9.57. The minimum absolute atomic E-state index is 0.0160. The molecule has 0 heterocycles. The van der Waals surface area contributed by atoms with E-state index in [4.69, 9.17) is 16.3 Å². The van der Waals surface area contributed by atoms with Crippen molar-refractivity contribution in [2.24, 2.45) is 0 Å². The average molecular weight is 541 g/mol. The Kier molecular flexibility index (Phi) is 8.26. The van der Waals surface area contributed by atoms with Crippen molar-refractivity contribution in [3.8, 4) is 0 Å². The molecule has 0 saturated carbocycles. The maximum absolute atomic E-state index is 13.4. The molecule has 0 aliphatic rings. The van der Waals surface area contributed by atoms with Crippen LogP contribution in [0.4, 0.5) is 24.5 Å². The Balaban J connectivity index is 2.04. The van der Waals surface area contributed by atoms with Crippen LogP contribution in [0.1, 0.15) is 22.8 Å². The zero-order chi connectivity index (χ0) is 26.5. The number of carbonyl (C=O) groups excluding carboxylic acids is 2. The molecule has 12 heteroatoms. The maximum Gasteiger partial charge on any atom is 0.416 e. The van der Waals surface area contributed by atoms with Crippen molar-refractivity contribution in [3.63, 3.8) is 0 Å². The van der Waals surface area contributed by atoms with Gasteiger partial charge >= 0.3 is 12.1 Å². The van der Waals surface area contributed by atoms with Crippen LogP contribution in [0, 0.1) is 0 Å². The summed E-state index contributed by atoms with van der Waals surface area (Å²) in [4.78, 5) is 24.9. The fourth-order valence-electron chi connectivity index (χ4n) is 3.20. The van der Waals surface area contributed by atoms with Gasteiger partial charge in [0, 0.05) is 0 Å². The summed E-state index contributed by atoms with van der Waals surface area (Å²) in [6, 6.07) is 14.9. The second kappa shape index (κ2) is 11.0. The zero-order valence-electron chi connectivity index (χ0n) is 18.8. The van der Waals surface area contributed by atoms with Gasteiger partial charge in [-0.1, -0.05) is 41.9 Å². The van der Waals surface area contributed by atoms with Crippen molar-refractivity contribution in [2.75, 3.05) is 22.8 Å². The molecule has 3 rings (SSSR count). The first-order valence-electron chi connectivity index (χ1n) is 10.5. The number of carbonyl (C=O) groups is 2. The first kappa shape index (κ1) is 27.0. The van der Waals surface area contributed by atoms with Gasteiger partial charge in [0.05, 0.1) is 39.0 Å². The van der Waals surface area contributed by atoms with E-state index in [-0.39, 0.29) is 27.8 Å². The van der Waals surface area contributed by atoms with Crippen LogP contribution in [-0.2, 0) is 25.7 Å². The Hall–Kier alpha value is -3.57. The molecular weight excluding hydrogens is 521 g/mol. The number of sulfonamides is 1. The molecule has 0 radical (unpaired) electrons. The smallest absolute Gasteiger partial charge is 0.416 e. The molecule has 0 atom stereocenters. The molecule has 0 aromatic heterocycles. The van der Waals surface area contributed by atoms with Crippen molar-refractivity contribution in [1.82, 2.24) is 0 Å². The molecule has 1 amide bonds. The van der Waals surface area contributed by atoms with E-state index in [9.17, 15) is 31.2 Å². The van der Waals surface area contributed by atoms with Gasteiger partial charge < -0.3 is 10.1 Å². The second-order valence-electron chi connectivity index (χ2n) is 7.30. The minimum Gasteiger partial charge on any atom is -0.462 e. The van der Waals surface area contributed by atoms with Gasteiger partial charge in [0.2, 0.25) is 5.91 Å². The largest absolute Gasteiger partial charge is 0.462 e. The number of nitrogens with one attached hydrogen (secondary N) is 1. The molecule has 7 nitrogen and oxygen atoms in total. The van der Waals surface area contributed by atoms with Crippen LogP contribution >= 0.6 is 11.6 Å². The Bertz CT molecular complexity index is 1370. The van der Waals surface area contributed by atoms with E-state index < -0.39 is 45.9 Å². The van der Waals surface area contributed by atoms with E-state index in [0.29, 0.717) is 16.4 Å². The van der Waals surface area contributed by atoms with E-state index in [1.807, 2.05) is 0 Å². The highest BCUT2D eigenvalue weighted by molar-refractivity contribution is 7.92. The van der Waals surface area contributed by atoms with E-state index in [1.54, 1.807) is 13.0 Å². The van der Waals surface area contributed by atoms with E-state index in [1.165, 1.54) is 48.5 Å². The lowest BCUT2D eigenvalue weighted by molar-refractivity contribution is -0.137. The molecule has 0 spiro atoms. The number of halogens is 4. The standard InChI is InChI=1S/C24H20ClF3N2O5S/c1-2-35-23(32)18-10-6-7-11-20(18)29-22(31)15-30(36(33,34)17-8-4-3-5-9-17)21-14-16(24(26,27)28)12-13-19(21)25/h3-14H,2,15H2,1H3,(H,29,31). The van der Waals surface area contributed by atoms with Gasteiger partial charge in [-0.05, 0) is 49.4 Å². The number of hydrogen-bond donors (Lipinski definition) is 1. The molecule has 1 N–H and O–H groups in total. The summed E-state index contributed by atoms with van der Waals surface area (Å²) in [6.45, 7) is 0.748. The summed E-state index contributed by atoms with van der Waals surface area (Å²) in [7, 11) is -4.53. The lowest BCUT2D eigenvalue weighted by Gasteiger charge is -2.26. The van der Waals surface area contributed by atoms with Crippen LogP contribution < -0.4 is 9.62 Å². The third-order valence-electron chi connectivity index (χ3n) is 4.86. The van der Waals surface area contributed by atoms with Gasteiger partial charge in [-0.2, -0.15) is 13.2 Å². The molecule has 3 aromatic rings. The molecule has 0 aliphatic heterocycles. The number of amides is 1. The van der Waals surface area contributed by atoms with Gasteiger partial charge in [-0.25, -0.2) is 13.2 Å². The summed E-state index contributed by atoms with van der Waals surface area (Å²) in [5.41, 5.74) is -1.64. The molecule has 36 heavy (non-hydrogen) atoms. The van der Waals surface area contributed by atoms with Gasteiger partial charge in [0.25, 0.3) is 10.0 Å². The van der Waals surface area contributed by atoms with Crippen molar-refractivity contribution in [2.45, 2.75) is 18.0 Å². The fourth-order valence-corrected chi connectivity index (χ4v) is 4.92. The van der Waals surface area contributed by atoms with Crippen molar-refractivity contribution in [1.29, 1.82) is 0 Å². The number of esters is 1. The third kappa shape index (κ3) is 6.16. The van der Waals surface area contributed by atoms with Gasteiger partial charge in [-0.15, -0.1) is 0 Å². The van der Waals surface area contributed by atoms with Crippen LogP contribution in [0.15, 0.2) is 77.7 Å². The van der Waals surface area contributed by atoms with E-state index >= 15 is 0 Å². The number of nitrogens with zero attached hydrogens (tertiary/aromatic N) is 1. The molecule has 0 fully saturated rings. The highest BCUT2D eigenvalue weighted by Gasteiger charge is 2.34. The molecule has 0 unspecified atom stereocenters. The summed E-state index contributed by atoms with van der Waals surface area (Å²) in [6.07, 6.45) is -4.79. The van der Waals surface area contributed by atoms with Crippen molar-refractivity contribution < 1.29 is 35.9 Å². The van der Waals surface area contributed by atoms with Gasteiger partial charge in [0.15, 0.2) is 0 Å². The van der Waals surface area contributed by atoms with Gasteiger partial charge in [-0.3, -0.25) is 9.10 Å². The minimum atomic E-state index is -4.79. The fraction of sp³-hybridized carbons (Fsp3) is 0.167. The van der Waals surface area contributed by atoms with Crippen molar-refractivity contribution in [3.05, 3.63) is 88.9 Å². The summed E-state index contributed by atoms with van der Waals surface area (Å²) in [5.74, 6) is -1.65. The highest BCUT2D eigenvalue weighted by atomic mass is 35.5. The molecule has 3 aromatic carbocycles. The Morgan fingerprint density at radius 1 is 1.00 bits per heavy atom. The number of ether oxygens (including phenoxy) is 1. The highest BCUT2D eigenvalue weighted by Crippen LogP contribution is 2.37. The number of para-hydroxylation sites is 1. The maximum atomic E-state index is 13.4. The van der Waals surface area contributed by atoms with Crippen LogP contribution in [0.2, 0.25) is 5.02 Å². The van der Waals surface area contributed by atoms with Crippen LogP contribution in [0.25, 0.3) is 0 Å². The topological polar surface area (TPSA) is 92.8 Å². The third-order valence-corrected chi connectivity index (χ3v) is 6.95. The molecule has 0 bridgehead atoms. The first-order valence-corrected chi connectivity index (χ1v) is 12.3. The number of alkyl halides is 3. The number of rotatable bonds is 8. The lowest BCUT2D eigenvalue weighted by Crippen LogP contribution is -2.38. The Morgan fingerprint density at radius 3 is 2.28 bits per heavy atom. The number of hydrogen-bond acceptors (Lipinski definition) is 5. The Labute approximate surface area is 210 Å². The summed E-state index contributed by atoms with van der Waals surface area (Å²) < 4.78 is 72.4. The lowest BCUT2D eigenvalue weighted by atomic mass is 10.1. The molecule has 190 valence electrons. The van der Waals surface area contributed by atoms with E-state index in [2.05, 4.69) is 5.32 Å². The molecule has 0 aliphatic carbocycles. The first-order chi connectivity index (χ1) is 16.9. The van der Waals surface area contributed by atoms with Gasteiger partial charge in [0.1, 0.15) is 6.54 Å². The van der Waals surface area contributed by atoms with Crippen LogP contribution in [-0.4, -0.2) is 33.4 Å².